The molecule has 6 heteroatoms. The Hall–Kier alpha value is -1.92. The largest absolute Gasteiger partial charge is 0.381 e. The predicted molar refractivity (Wildman–Crippen MR) is 84.4 cm³/mol. The summed E-state index contributed by atoms with van der Waals surface area (Å²) in [6, 6.07) is 7.57. The van der Waals surface area contributed by atoms with Crippen molar-refractivity contribution in [2.45, 2.75) is 31.7 Å². The number of hydrogen-bond acceptors (Lipinski definition) is 4. The summed E-state index contributed by atoms with van der Waals surface area (Å²) >= 11 is 0. The van der Waals surface area contributed by atoms with Gasteiger partial charge in [0.25, 0.3) is 0 Å². The maximum Gasteiger partial charge on any atom is 0.240 e. The molecule has 0 radical (unpaired) electrons. The van der Waals surface area contributed by atoms with Gasteiger partial charge in [0.1, 0.15) is 0 Å². The second-order valence-corrected chi connectivity index (χ2v) is 5.65. The number of carbonyl (C=O) groups is 2. The van der Waals surface area contributed by atoms with Crippen molar-refractivity contribution in [3.8, 4) is 0 Å². The third kappa shape index (κ3) is 4.54. The first-order valence-corrected chi connectivity index (χ1v) is 7.51. The maximum absolute atomic E-state index is 12.1. The summed E-state index contributed by atoms with van der Waals surface area (Å²) in [4.78, 5) is 23.1. The lowest BCUT2D eigenvalue weighted by molar-refractivity contribution is -0.129. The van der Waals surface area contributed by atoms with Crippen LogP contribution in [0.15, 0.2) is 24.3 Å². The van der Waals surface area contributed by atoms with E-state index in [1.54, 1.807) is 0 Å². The summed E-state index contributed by atoms with van der Waals surface area (Å²) in [6.45, 7) is 3.09. The van der Waals surface area contributed by atoms with Gasteiger partial charge in [-0.1, -0.05) is 12.1 Å². The van der Waals surface area contributed by atoms with Crippen LogP contribution < -0.4 is 16.4 Å². The number of ether oxygens (including phenoxy) is 1. The molecule has 1 aliphatic rings. The van der Waals surface area contributed by atoms with Gasteiger partial charge in [-0.3, -0.25) is 9.59 Å². The summed E-state index contributed by atoms with van der Waals surface area (Å²) in [7, 11) is 0. The highest BCUT2D eigenvalue weighted by Gasteiger charge is 2.35. The average Bonchev–Trinajstić information content (AvgIpc) is 2.49. The third-order valence-corrected chi connectivity index (χ3v) is 3.81. The molecule has 0 aliphatic carbocycles. The Morgan fingerprint density at radius 1 is 1.23 bits per heavy atom. The molecule has 1 aromatic rings. The molecule has 0 aromatic heterocycles. The second-order valence-electron chi connectivity index (χ2n) is 5.65. The van der Waals surface area contributed by atoms with E-state index in [0.29, 0.717) is 32.6 Å². The van der Waals surface area contributed by atoms with Gasteiger partial charge in [-0.05, 0) is 37.0 Å². The van der Waals surface area contributed by atoms with Crippen molar-refractivity contribution in [2.24, 2.45) is 5.73 Å². The van der Waals surface area contributed by atoms with Crippen LogP contribution in [0.4, 0.5) is 5.69 Å². The zero-order valence-corrected chi connectivity index (χ0v) is 12.9. The Kier molecular flexibility index (Phi) is 5.51. The molecule has 22 heavy (non-hydrogen) atoms. The number of hydrogen-bond donors (Lipinski definition) is 3. The summed E-state index contributed by atoms with van der Waals surface area (Å²) in [5.74, 6) is -0.199. The van der Waals surface area contributed by atoms with Crippen molar-refractivity contribution in [1.82, 2.24) is 5.32 Å². The van der Waals surface area contributed by atoms with Crippen LogP contribution in [-0.2, 0) is 20.7 Å². The molecular formula is C16H23N3O3. The van der Waals surface area contributed by atoms with E-state index in [1.807, 2.05) is 24.3 Å². The van der Waals surface area contributed by atoms with Crippen LogP contribution in [0, 0.1) is 0 Å². The zero-order chi connectivity index (χ0) is 16.0. The normalized spacial score (nSPS) is 16.8. The van der Waals surface area contributed by atoms with E-state index >= 15 is 0 Å². The van der Waals surface area contributed by atoms with Gasteiger partial charge in [-0.2, -0.15) is 0 Å². The molecule has 6 nitrogen and oxygen atoms in total. The van der Waals surface area contributed by atoms with Crippen LogP contribution in [0.1, 0.15) is 25.3 Å². The van der Waals surface area contributed by atoms with Gasteiger partial charge in [-0.15, -0.1) is 0 Å². The first kappa shape index (κ1) is 16.5. The minimum atomic E-state index is -0.798. The van der Waals surface area contributed by atoms with Crippen molar-refractivity contribution in [3.63, 3.8) is 0 Å². The van der Waals surface area contributed by atoms with Crippen molar-refractivity contribution >= 4 is 17.5 Å². The molecule has 0 unspecified atom stereocenters. The lowest BCUT2D eigenvalue weighted by Crippen LogP contribution is -2.57. The van der Waals surface area contributed by atoms with Gasteiger partial charge in [0.05, 0.1) is 5.54 Å². The summed E-state index contributed by atoms with van der Waals surface area (Å²) in [5.41, 5.74) is 7.18. The summed E-state index contributed by atoms with van der Waals surface area (Å²) in [5, 5.41) is 5.62. The smallest absolute Gasteiger partial charge is 0.240 e. The molecule has 1 heterocycles. The number of carbonyl (C=O) groups excluding carboxylic acids is 2. The van der Waals surface area contributed by atoms with Crippen LogP contribution in [0.2, 0.25) is 0 Å². The van der Waals surface area contributed by atoms with E-state index in [1.165, 1.54) is 6.92 Å². The first-order chi connectivity index (χ1) is 10.5. The summed E-state index contributed by atoms with van der Waals surface area (Å²) in [6.07, 6.45) is 1.84. The van der Waals surface area contributed by atoms with Gasteiger partial charge in [-0.25, -0.2) is 0 Å². The van der Waals surface area contributed by atoms with Gasteiger partial charge in [0.2, 0.25) is 11.8 Å². The second kappa shape index (κ2) is 7.38. The van der Waals surface area contributed by atoms with Crippen LogP contribution in [0.3, 0.4) is 0 Å². The molecule has 1 fully saturated rings. The lowest BCUT2D eigenvalue weighted by Gasteiger charge is -2.31. The van der Waals surface area contributed by atoms with Crippen molar-refractivity contribution < 1.29 is 14.3 Å². The topological polar surface area (TPSA) is 93.5 Å². The van der Waals surface area contributed by atoms with E-state index in [2.05, 4.69) is 10.6 Å². The number of anilines is 1. The molecule has 2 amide bonds. The first-order valence-electron chi connectivity index (χ1n) is 7.51. The molecule has 120 valence electrons. The molecule has 0 saturated carbocycles. The van der Waals surface area contributed by atoms with Crippen LogP contribution in [0.25, 0.3) is 0 Å². The van der Waals surface area contributed by atoms with Crippen LogP contribution in [0.5, 0.6) is 0 Å². The number of nitrogens with one attached hydrogen (secondary N) is 2. The number of amides is 2. The van der Waals surface area contributed by atoms with E-state index in [0.717, 1.165) is 17.7 Å². The highest BCUT2D eigenvalue weighted by molar-refractivity contribution is 5.88. The Labute approximate surface area is 130 Å². The molecule has 1 aliphatic heterocycles. The standard InChI is InChI=1S/C16H23N3O3/c1-12(20)19-14-4-2-13(3-5-14)6-9-18-15(21)16(17)7-10-22-11-8-16/h2-5H,6-11,17H2,1H3,(H,18,21)(H,19,20). The van der Waals surface area contributed by atoms with Crippen LogP contribution in [-0.4, -0.2) is 37.1 Å². The van der Waals surface area contributed by atoms with E-state index in [4.69, 9.17) is 10.5 Å². The fourth-order valence-corrected chi connectivity index (χ4v) is 2.42. The van der Waals surface area contributed by atoms with Gasteiger partial charge >= 0.3 is 0 Å². The van der Waals surface area contributed by atoms with Crippen molar-refractivity contribution in [1.29, 1.82) is 0 Å². The monoisotopic (exact) mass is 305 g/mol. The Balaban J connectivity index is 1.78. The van der Waals surface area contributed by atoms with Gasteiger partial charge in [0.15, 0.2) is 0 Å². The average molecular weight is 305 g/mol. The molecule has 4 N–H and O–H groups in total. The maximum atomic E-state index is 12.1. The third-order valence-electron chi connectivity index (χ3n) is 3.81. The minimum Gasteiger partial charge on any atom is -0.381 e. The predicted octanol–water partition coefficient (Wildman–Crippen LogP) is 0.812. The molecule has 0 spiro atoms. The molecule has 1 saturated heterocycles. The Morgan fingerprint density at radius 2 is 1.86 bits per heavy atom. The Morgan fingerprint density at radius 3 is 2.45 bits per heavy atom. The Bertz CT molecular complexity index is 522. The lowest BCUT2D eigenvalue weighted by atomic mass is 9.90. The van der Waals surface area contributed by atoms with E-state index in [9.17, 15) is 9.59 Å². The quantitative estimate of drug-likeness (QED) is 0.750. The molecule has 2 rings (SSSR count). The van der Waals surface area contributed by atoms with E-state index < -0.39 is 5.54 Å². The number of rotatable bonds is 5. The van der Waals surface area contributed by atoms with Crippen molar-refractivity contribution in [3.05, 3.63) is 29.8 Å². The fraction of sp³-hybridized carbons (Fsp3) is 0.500. The van der Waals surface area contributed by atoms with Crippen molar-refractivity contribution in [2.75, 3.05) is 25.1 Å². The minimum absolute atomic E-state index is 0.0929. The van der Waals surface area contributed by atoms with Gasteiger partial charge < -0.3 is 21.1 Å². The summed E-state index contributed by atoms with van der Waals surface area (Å²) < 4.78 is 5.24. The highest BCUT2D eigenvalue weighted by atomic mass is 16.5. The molecule has 0 atom stereocenters. The molecule has 1 aromatic carbocycles. The zero-order valence-electron chi connectivity index (χ0n) is 12.9. The molecule has 0 bridgehead atoms. The number of nitrogens with two attached hydrogens (primary N) is 1. The SMILES string of the molecule is CC(=O)Nc1ccc(CCNC(=O)C2(N)CCOCC2)cc1. The number of benzene rings is 1. The van der Waals surface area contributed by atoms with Gasteiger partial charge in [0, 0.05) is 32.4 Å². The molecular weight excluding hydrogens is 282 g/mol. The highest BCUT2D eigenvalue weighted by Crippen LogP contribution is 2.17. The fourth-order valence-electron chi connectivity index (χ4n) is 2.42. The van der Waals surface area contributed by atoms with Crippen LogP contribution >= 0.6 is 0 Å². The van der Waals surface area contributed by atoms with E-state index in [-0.39, 0.29) is 11.8 Å².